The largest absolute Gasteiger partial charge is 0.462 e. The van der Waals surface area contributed by atoms with Gasteiger partial charge in [-0.25, -0.2) is 0 Å². The van der Waals surface area contributed by atoms with E-state index >= 15 is 0 Å². The summed E-state index contributed by atoms with van der Waals surface area (Å²) in [5.74, 6) is -0.0389. The van der Waals surface area contributed by atoms with Gasteiger partial charge in [-0.3, -0.25) is 14.4 Å². The summed E-state index contributed by atoms with van der Waals surface area (Å²) >= 11 is 0. The predicted molar refractivity (Wildman–Crippen MR) is 247 cm³/mol. The lowest BCUT2D eigenvalue weighted by Gasteiger charge is -2.18. The molecule has 0 saturated heterocycles. The topological polar surface area (TPSA) is 78.9 Å². The molecule has 0 radical (unpaired) electrons. The van der Waals surface area contributed by atoms with Crippen molar-refractivity contribution in [2.45, 2.75) is 297 Å². The lowest BCUT2D eigenvalue weighted by Crippen LogP contribution is -2.30. The molecule has 58 heavy (non-hydrogen) atoms. The van der Waals surface area contributed by atoms with Crippen molar-refractivity contribution in [2.24, 2.45) is 5.92 Å². The molecule has 0 rings (SSSR count). The summed E-state index contributed by atoms with van der Waals surface area (Å²) in [7, 11) is 0. The van der Waals surface area contributed by atoms with Gasteiger partial charge in [0.25, 0.3) is 0 Å². The van der Waals surface area contributed by atoms with Crippen molar-refractivity contribution in [3.63, 3.8) is 0 Å². The molecule has 0 heterocycles. The minimum absolute atomic E-state index is 0.0633. The van der Waals surface area contributed by atoms with Gasteiger partial charge in [-0.15, -0.1) is 0 Å². The van der Waals surface area contributed by atoms with E-state index in [0.717, 1.165) is 63.7 Å². The number of hydrogen-bond acceptors (Lipinski definition) is 6. The zero-order valence-electron chi connectivity index (χ0n) is 39.5. The Kier molecular flexibility index (Phi) is 45.2. The molecule has 344 valence electrons. The molecule has 6 heteroatoms. The molecule has 0 aromatic heterocycles. The number of esters is 3. The molecule has 1 atom stereocenters. The number of carbonyl (C=O) groups is 3. The second kappa shape index (κ2) is 46.5. The van der Waals surface area contributed by atoms with Crippen molar-refractivity contribution in [3.8, 4) is 0 Å². The average Bonchev–Trinajstić information content (AvgIpc) is 3.21. The van der Waals surface area contributed by atoms with E-state index in [1.807, 2.05) is 0 Å². The Morgan fingerprint density at radius 3 is 0.845 bits per heavy atom. The molecule has 0 aromatic carbocycles. The lowest BCUT2D eigenvalue weighted by molar-refractivity contribution is -0.167. The molecule has 0 aliphatic heterocycles. The third-order valence-corrected chi connectivity index (χ3v) is 11.8. The van der Waals surface area contributed by atoms with Gasteiger partial charge in [-0.2, -0.15) is 0 Å². The highest BCUT2D eigenvalue weighted by molar-refractivity contribution is 5.71. The first-order valence-corrected chi connectivity index (χ1v) is 25.9. The van der Waals surface area contributed by atoms with E-state index in [4.69, 9.17) is 14.2 Å². The molecular weight excluding hydrogens is 721 g/mol. The highest BCUT2D eigenvalue weighted by atomic mass is 16.6. The van der Waals surface area contributed by atoms with Crippen molar-refractivity contribution in [3.05, 3.63) is 0 Å². The minimum atomic E-state index is -0.760. The van der Waals surface area contributed by atoms with E-state index in [2.05, 4.69) is 27.7 Å². The van der Waals surface area contributed by atoms with Crippen molar-refractivity contribution in [1.82, 2.24) is 0 Å². The van der Waals surface area contributed by atoms with Gasteiger partial charge in [0.2, 0.25) is 0 Å². The number of ether oxygens (including phenoxy) is 3. The minimum Gasteiger partial charge on any atom is -0.462 e. The average molecular weight is 821 g/mol. The van der Waals surface area contributed by atoms with Gasteiger partial charge < -0.3 is 14.2 Å². The predicted octanol–water partition coefficient (Wildman–Crippen LogP) is 16.7. The highest BCUT2D eigenvalue weighted by Crippen LogP contribution is 2.17. The Hall–Kier alpha value is -1.59. The van der Waals surface area contributed by atoms with Crippen LogP contribution in [-0.2, 0) is 28.6 Å². The van der Waals surface area contributed by atoms with Gasteiger partial charge in [0.1, 0.15) is 13.2 Å². The van der Waals surface area contributed by atoms with Crippen LogP contribution in [0.3, 0.4) is 0 Å². The molecule has 0 aliphatic carbocycles. The van der Waals surface area contributed by atoms with Gasteiger partial charge in [0.15, 0.2) is 6.10 Å². The van der Waals surface area contributed by atoms with Gasteiger partial charge in [-0.1, -0.05) is 252 Å². The summed E-state index contributed by atoms with van der Waals surface area (Å²) in [6.45, 7) is 8.99. The molecule has 6 nitrogen and oxygen atoms in total. The number of unbranched alkanes of at least 4 members (excludes halogenated alkanes) is 34. The SMILES string of the molecule is CCCCCCCCCCCCCCCCCCCCC(=O)O[C@H](COC(=O)CCCCCCCCCCCC)COC(=O)CCCCCCCCCCCC(C)C. The number of carbonyl (C=O) groups excluding carboxylic acids is 3. The number of rotatable bonds is 47. The van der Waals surface area contributed by atoms with E-state index < -0.39 is 6.10 Å². The van der Waals surface area contributed by atoms with E-state index in [1.165, 1.54) is 186 Å². The van der Waals surface area contributed by atoms with Crippen LogP contribution >= 0.6 is 0 Å². The fourth-order valence-corrected chi connectivity index (χ4v) is 7.86. The Labute approximate surface area is 361 Å². The van der Waals surface area contributed by atoms with Crippen LogP contribution in [0, 0.1) is 5.92 Å². The zero-order chi connectivity index (χ0) is 42.4. The first kappa shape index (κ1) is 56.4. The van der Waals surface area contributed by atoms with Crippen LogP contribution in [0.5, 0.6) is 0 Å². The summed E-state index contributed by atoms with van der Waals surface area (Å²) in [6.07, 6.45) is 48.1. The maximum Gasteiger partial charge on any atom is 0.306 e. The summed E-state index contributed by atoms with van der Waals surface area (Å²) in [4.78, 5) is 37.9. The van der Waals surface area contributed by atoms with Crippen LogP contribution in [-0.4, -0.2) is 37.2 Å². The first-order valence-electron chi connectivity index (χ1n) is 25.9. The Morgan fingerprint density at radius 2 is 0.569 bits per heavy atom. The zero-order valence-corrected chi connectivity index (χ0v) is 39.5. The summed E-state index contributed by atoms with van der Waals surface area (Å²) in [5, 5.41) is 0. The van der Waals surface area contributed by atoms with Crippen LogP contribution in [0.2, 0.25) is 0 Å². The lowest BCUT2D eigenvalue weighted by atomic mass is 10.0. The second-order valence-corrected chi connectivity index (χ2v) is 18.3. The van der Waals surface area contributed by atoms with Crippen LogP contribution in [0.4, 0.5) is 0 Å². The molecule has 0 aromatic rings. The van der Waals surface area contributed by atoms with Gasteiger partial charge in [-0.05, 0) is 25.2 Å². The first-order chi connectivity index (χ1) is 28.4. The Bertz CT molecular complexity index is 872. The molecule has 0 fully saturated rings. The fourth-order valence-electron chi connectivity index (χ4n) is 7.86. The van der Waals surface area contributed by atoms with Crippen LogP contribution in [0.25, 0.3) is 0 Å². The highest BCUT2D eigenvalue weighted by Gasteiger charge is 2.19. The molecule has 0 unspecified atom stereocenters. The molecule has 0 bridgehead atoms. The van der Waals surface area contributed by atoms with E-state index in [0.29, 0.717) is 19.3 Å². The van der Waals surface area contributed by atoms with Gasteiger partial charge in [0.05, 0.1) is 0 Å². The molecule has 0 aliphatic rings. The molecule has 0 spiro atoms. The normalized spacial score (nSPS) is 11.9. The van der Waals surface area contributed by atoms with Gasteiger partial charge >= 0.3 is 17.9 Å². The van der Waals surface area contributed by atoms with Crippen molar-refractivity contribution in [1.29, 1.82) is 0 Å². The van der Waals surface area contributed by atoms with Crippen molar-refractivity contribution >= 4 is 17.9 Å². The van der Waals surface area contributed by atoms with Crippen molar-refractivity contribution < 1.29 is 28.6 Å². The fraction of sp³-hybridized carbons (Fsp3) is 0.942. The molecular formula is C52H100O6. The maximum absolute atomic E-state index is 12.8. The third kappa shape index (κ3) is 45.5. The van der Waals surface area contributed by atoms with Crippen LogP contribution in [0.15, 0.2) is 0 Å². The van der Waals surface area contributed by atoms with E-state index in [1.54, 1.807) is 0 Å². The Morgan fingerprint density at radius 1 is 0.328 bits per heavy atom. The standard InChI is InChI=1S/C52H100O6/c1-5-7-9-11-13-15-17-18-19-20-21-22-23-24-28-33-37-41-45-52(55)58-49(46-56-50(53)43-39-35-31-27-16-14-12-10-8-6-2)47-57-51(54)44-40-36-32-29-25-26-30-34-38-42-48(3)4/h48-49H,5-47H2,1-4H3/t49-/m1/s1. The van der Waals surface area contributed by atoms with Crippen LogP contribution in [0.1, 0.15) is 291 Å². The smallest absolute Gasteiger partial charge is 0.306 e. The third-order valence-electron chi connectivity index (χ3n) is 11.8. The molecule has 0 saturated carbocycles. The second-order valence-electron chi connectivity index (χ2n) is 18.3. The summed E-state index contributed by atoms with van der Waals surface area (Å²) in [6, 6.07) is 0. The van der Waals surface area contributed by atoms with Crippen molar-refractivity contribution in [2.75, 3.05) is 13.2 Å². The number of hydrogen-bond donors (Lipinski definition) is 0. The summed E-state index contributed by atoms with van der Waals surface area (Å²) in [5.41, 5.74) is 0. The van der Waals surface area contributed by atoms with E-state index in [9.17, 15) is 14.4 Å². The molecule has 0 N–H and O–H groups in total. The summed E-state index contributed by atoms with van der Waals surface area (Å²) < 4.78 is 16.8. The maximum atomic E-state index is 12.8. The quantitative estimate of drug-likeness (QED) is 0.0346. The van der Waals surface area contributed by atoms with E-state index in [-0.39, 0.29) is 31.1 Å². The molecule has 0 amide bonds. The Balaban J connectivity index is 4.26. The van der Waals surface area contributed by atoms with Crippen LogP contribution < -0.4 is 0 Å². The van der Waals surface area contributed by atoms with Gasteiger partial charge in [0, 0.05) is 19.3 Å². The monoisotopic (exact) mass is 821 g/mol.